The molecule has 0 aliphatic heterocycles. The third-order valence-electron chi connectivity index (χ3n) is 4.35. The highest BCUT2D eigenvalue weighted by molar-refractivity contribution is 9.10. The van der Waals surface area contributed by atoms with Gasteiger partial charge in [-0.2, -0.15) is 0 Å². The predicted molar refractivity (Wildman–Crippen MR) is 90.2 cm³/mol. The molecule has 0 saturated heterocycles. The summed E-state index contributed by atoms with van der Waals surface area (Å²) in [5, 5.41) is 0.749. The van der Waals surface area contributed by atoms with E-state index in [1.807, 2.05) is 6.07 Å². The molecule has 1 aliphatic carbocycles. The second-order valence-corrected chi connectivity index (χ2v) is 7.13. The summed E-state index contributed by atoms with van der Waals surface area (Å²) in [5.41, 5.74) is 7.25. The van der Waals surface area contributed by atoms with Gasteiger partial charge in [-0.15, -0.1) is 0 Å². The Morgan fingerprint density at radius 2 is 2.05 bits per heavy atom. The first-order valence-electron chi connectivity index (χ1n) is 7.47. The van der Waals surface area contributed by atoms with Crippen molar-refractivity contribution in [3.63, 3.8) is 0 Å². The summed E-state index contributed by atoms with van der Waals surface area (Å²) in [4.78, 5) is 2.41. The van der Waals surface area contributed by atoms with E-state index in [-0.39, 0.29) is 6.04 Å². The zero-order valence-corrected chi connectivity index (χ0v) is 14.5. The molecule has 0 radical (unpaired) electrons. The van der Waals surface area contributed by atoms with Crippen molar-refractivity contribution in [2.24, 2.45) is 11.7 Å². The molecule has 112 valence electrons. The van der Waals surface area contributed by atoms with Gasteiger partial charge in [0.2, 0.25) is 0 Å². The number of hydrogen-bond donors (Lipinski definition) is 1. The molecule has 1 saturated carbocycles. The number of nitrogens with two attached hydrogens (primary N) is 1. The van der Waals surface area contributed by atoms with E-state index >= 15 is 0 Å². The highest BCUT2D eigenvalue weighted by atomic mass is 79.9. The number of rotatable bonds is 5. The highest BCUT2D eigenvalue weighted by Crippen LogP contribution is 2.30. The molecule has 2 N–H and O–H groups in total. The average Bonchev–Trinajstić information content (AvgIpc) is 2.44. The van der Waals surface area contributed by atoms with Crippen LogP contribution in [0.1, 0.15) is 43.7 Å². The maximum Gasteiger partial charge on any atom is 0.0548 e. The van der Waals surface area contributed by atoms with Gasteiger partial charge >= 0.3 is 0 Å². The van der Waals surface area contributed by atoms with Crippen LogP contribution in [0.25, 0.3) is 0 Å². The minimum atomic E-state index is 0.269. The van der Waals surface area contributed by atoms with Crippen LogP contribution in [0.2, 0.25) is 5.02 Å². The Morgan fingerprint density at radius 1 is 1.35 bits per heavy atom. The molecular weight excluding hydrogens is 336 g/mol. The number of likely N-dealkylation sites (N-methyl/N-ethyl adjacent to an activating group) is 1. The van der Waals surface area contributed by atoms with Gasteiger partial charge in [0, 0.05) is 23.6 Å². The molecule has 0 heterocycles. The van der Waals surface area contributed by atoms with Gasteiger partial charge < -0.3 is 5.73 Å². The number of hydrogen-bond acceptors (Lipinski definition) is 2. The van der Waals surface area contributed by atoms with Crippen molar-refractivity contribution in [2.45, 2.75) is 38.1 Å². The molecule has 0 spiro atoms. The van der Waals surface area contributed by atoms with Crippen LogP contribution in [0, 0.1) is 5.92 Å². The van der Waals surface area contributed by atoms with Crippen molar-refractivity contribution in [3.8, 4) is 0 Å². The van der Waals surface area contributed by atoms with E-state index in [0.29, 0.717) is 6.54 Å². The van der Waals surface area contributed by atoms with E-state index in [1.54, 1.807) is 0 Å². The smallest absolute Gasteiger partial charge is 0.0548 e. The fourth-order valence-electron chi connectivity index (χ4n) is 3.19. The van der Waals surface area contributed by atoms with E-state index in [1.165, 1.54) is 37.7 Å². The molecule has 0 bridgehead atoms. The fraction of sp³-hybridized carbons (Fsp3) is 0.625. The molecular formula is C16H24BrClN2. The molecule has 20 heavy (non-hydrogen) atoms. The van der Waals surface area contributed by atoms with Gasteiger partial charge in [0.05, 0.1) is 5.02 Å². The van der Waals surface area contributed by atoms with Crippen LogP contribution in [0.3, 0.4) is 0 Å². The van der Waals surface area contributed by atoms with Gasteiger partial charge in [0.25, 0.3) is 0 Å². The summed E-state index contributed by atoms with van der Waals surface area (Å²) in [7, 11) is 2.19. The zero-order chi connectivity index (χ0) is 14.5. The Kier molecular flexibility index (Phi) is 6.34. The molecule has 1 fully saturated rings. The molecule has 2 rings (SSSR count). The molecule has 0 aromatic heterocycles. The van der Waals surface area contributed by atoms with Crippen molar-refractivity contribution in [1.82, 2.24) is 4.90 Å². The van der Waals surface area contributed by atoms with Gasteiger partial charge in [0.15, 0.2) is 0 Å². The molecule has 2 nitrogen and oxygen atoms in total. The lowest BCUT2D eigenvalue weighted by molar-refractivity contribution is 0.185. The molecule has 0 amide bonds. The Hall–Kier alpha value is -0.0900. The summed E-state index contributed by atoms with van der Waals surface area (Å²) >= 11 is 9.57. The average molecular weight is 360 g/mol. The van der Waals surface area contributed by atoms with Gasteiger partial charge in [0.1, 0.15) is 0 Å². The second-order valence-electron chi connectivity index (χ2n) is 5.87. The van der Waals surface area contributed by atoms with Gasteiger partial charge in [-0.05, 0) is 59.4 Å². The van der Waals surface area contributed by atoms with Crippen LogP contribution in [-0.4, -0.2) is 25.0 Å². The minimum Gasteiger partial charge on any atom is -0.329 e. The first-order chi connectivity index (χ1) is 9.61. The van der Waals surface area contributed by atoms with Crippen molar-refractivity contribution < 1.29 is 0 Å². The lowest BCUT2D eigenvalue weighted by Crippen LogP contribution is -2.34. The molecule has 1 aliphatic rings. The highest BCUT2D eigenvalue weighted by Gasteiger charge is 2.21. The zero-order valence-electron chi connectivity index (χ0n) is 12.1. The summed E-state index contributed by atoms with van der Waals surface area (Å²) in [6.07, 6.45) is 6.92. The normalized spacial score (nSPS) is 18.4. The van der Waals surface area contributed by atoms with Crippen LogP contribution in [0.5, 0.6) is 0 Å². The quantitative estimate of drug-likeness (QED) is 0.831. The van der Waals surface area contributed by atoms with E-state index in [2.05, 4.69) is 40.0 Å². The lowest BCUT2D eigenvalue weighted by Gasteiger charge is -2.32. The lowest BCUT2D eigenvalue weighted by atomic mass is 9.88. The predicted octanol–water partition coefficient (Wildman–Crippen LogP) is 4.61. The summed E-state index contributed by atoms with van der Waals surface area (Å²) in [6, 6.07) is 6.39. The number of nitrogens with zero attached hydrogens (tertiary/aromatic N) is 1. The molecule has 4 heteroatoms. The Bertz CT molecular complexity index is 432. The second kappa shape index (κ2) is 7.79. The molecule has 1 aromatic rings. The van der Waals surface area contributed by atoms with Crippen LogP contribution in [0.4, 0.5) is 0 Å². The minimum absolute atomic E-state index is 0.269. The van der Waals surface area contributed by atoms with E-state index in [0.717, 1.165) is 22.0 Å². The fourth-order valence-corrected chi connectivity index (χ4v) is 3.71. The van der Waals surface area contributed by atoms with E-state index in [9.17, 15) is 0 Å². The Morgan fingerprint density at radius 3 is 2.65 bits per heavy atom. The maximum atomic E-state index is 6.07. The Labute approximate surface area is 135 Å². The van der Waals surface area contributed by atoms with Gasteiger partial charge in [-0.25, -0.2) is 0 Å². The molecule has 1 unspecified atom stereocenters. The monoisotopic (exact) mass is 358 g/mol. The standard InChI is InChI=1S/C16H24BrClN2/c1-20(11-12-5-3-2-4-6-12)16(10-19)13-7-8-15(18)14(17)9-13/h7-9,12,16H,2-6,10-11,19H2,1H3. The maximum absolute atomic E-state index is 6.07. The first kappa shape index (κ1) is 16.3. The van der Waals surface area contributed by atoms with Crippen LogP contribution in [-0.2, 0) is 0 Å². The van der Waals surface area contributed by atoms with Crippen LogP contribution >= 0.6 is 27.5 Å². The molecule has 1 atom stereocenters. The van der Waals surface area contributed by atoms with Crippen LogP contribution < -0.4 is 5.73 Å². The third-order valence-corrected chi connectivity index (χ3v) is 5.57. The first-order valence-corrected chi connectivity index (χ1v) is 8.64. The topological polar surface area (TPSA) is 29.3 Å². The van der Waals surface area contributed by atoms with E-state index < -0.39 is 0 Å². The SMILES string of the molecule is CN(CC1CCCCC1)C(CN)c1ccc(Cl)c(Br)c1. The van der Waals surface area contributed by atoms with Crippen molar-refractivity contribution in [2.75, 3.05) is 20.1 Å². The van der Waals surface area contributed by atoms with Crippen molar-refractivity contribution >= 4 is 27.5 Å². The van der Waals surface area contributed by atoms with E-state index in [4.69, 9.17) is 17.3 Å². The summed E-state index contributed by atoms with van der Waals surface area (Å²) < 4.78 is 0.946. The van der Waals surface area contributed by atoms with Crippen molar-refractivity contribution in [3.05, 3.63) is 33.3 Å². The van der Waals surface area contributed by atoms with Crippen LogP contribution in [0.15, 0.2) is 22.7 Å². The van der Waals surface area contributed by atoms with Gasteiger partial charge in [-0.1, -0.05) is 36.9 Å². The summed E-state index contributed by atoms with van der Waals surface area (Å²) in [5.74, 6) is 0.832. The summed E-state index contributed by atoms with van der Waals surface area (Å²) in [6.45, 7) is 1.78. The van der Waals surface area contributed by atoms with Gasteiger partial charge in [-0.3, -0.25) is 4.90 Å². The largest absolute Gasteiger partial charge is 0.329 e. The molecule has 1 aromatic carbocycles. The van der Waals surface area contributed by atoms with Crippen molar-refractivity contribution in [1.29, 1.82) is 0 Å². The Balaban J connectivity index is 2.03. The third kappa shape index (κ3) is 4.20. The number of halogens is 2. The number of benzene rings is 1.